The highest BCUT2D eigenvalue weighted by molar-refractivity contribution is 6.07. The topological polar surface area (TPSA) is 55.4 Å². The summed E-state index contributed by atoms with van der Waals surface area (Å²) in [5.74, 6) is -0.462. The zero-order valence-corrected chi connectivity index (χ0v) is 15.1. The van der Waals surface area contributed by atoms with Crippen LogP contribution < -0.4 is 5.32 Å². The molecule has 4 heteroatoms. The molecule has 1 aromatic rings. The second kappa shape index (κ2) is 7.42. The molecule has 1 aliphatic heterocycles. The molecule has 1 fully saturated rings. The van der Waals surface area contributed by atoms with Gasteiger partial charge in [0.1, 0.15) is 5.60 Å². The molecule has 1 aromatic carbocycles. The predicted octanol–water partition coefficient (Wildman–Crippen LogP) is 3.70. The summed E-state index contributed by atoms with van der Waals surface area (Å²) in [7, 11) is 0. The van der Waals surface area contributed by atoms with Gasteiger partial charge in [0.05, 0.1) is 5.57 Å². The molecular weight excluding hydrogens is 314 g/mol. The first-order valence-electron chi connectivity index (χ1n) is 9.35. The Morgan fingerprint density at radius 2 is 1.88 bits per heavy atom. The minimum Gasteiger partial charge on any atom is -0.451 e. The van der Waals surface area contributed by atoms with E-state index in [9.17, 15) is 9.59 Å². The van der Waals surface area contributed by atoms with Crippen molar-refractivity contribution in [3.05, 3.63) is 47.0 Å². The molecule has 1 heterocycles. The van der Waals surface area contributed by atoms with Crippen molar-refractivity contribution >= 4 is 11.9 Å². The van der Waals surface area contributed by atoms with Crippen LogP contribution in [0.25, 0.3) is 0 Å². The molecule has 1 unspecified atom stereocenters. The summed E-state index contributed by atoms with van der Waals surface area (Å²) in [5, 5.41) is 3.15. The molecule has 25 heavy (non-hydrogen) atoms. The van der Waals surface area contributed by atoms with Gasteiger partial charge in [0, 0.05) is 11.6 Å². The standard InChI is InChI=1S/C21H27NO3/c1-3-17(14-16-10-6-4-7-11-16)22-19(23)18-15(2)20(24)25-21(18)12-8-5-9-13-21/h4,6-7,10-11,17H,3,5,8-9,12-14H2,1-2H3,(H,22,23). The Bertz CT molecular complexity index is 672. The van der Waals surface area contributed by atoms with Crippen molar-refractivity contribution < 1.29 is 14.3 Å². The van der Waals surface area contributed by atoms with Gasteiger partial charge in [-0.2, -0.15) is 0 Å². The fraction of sp³-hybridized carbons (Fsp3) is 0.524. The van der Waals surface area contributed by atoms with E-state index < -0.39 is 5.60 Å². The van der Waals surface area contributed by atoms with E-state index in [2.05, 4.69) is 24.4 Å². The minimum absolute atomic E-state index is 0.0477. The van der Waals surface area contributed by atoms with Gasteiger partial charge < -0.3 is 10.1 Å². The normalized spacial score (nSPS) is 20.5. The number of carbonyl (C=O) groups is 2. The van der Waals surface area contributed by atoms with E-state index in [4.69, 9.17) is 4.74 Å². The number of esters is 1. The van der Waals surface area contributed by atoms with Gasteiger partial charge in [0.2, 0.25) is 0 Å². The van der Waals surface area contributed by atoms with Crippen LogP contribution in [0.2, 0.25) is 0 Å². The molecule has 4 nitrogen and oxygen atoms in total. The molecule has 1 amide bonds. The fourth-order valence-corrected chi connectivity index (χ4v) is 4.05. The second-order valence-electron chi connectivity index (χ2n) is 7.21. The lowest BCUT2D eigenvalue weighted by atomic mass is 9.78. The molecular formula is C21H27NO3. The molecule has 2 aliphatic rings. The van der Waals surface area contributed by atoms with Gasteiger partial charge in [-0.25, -0.2) is 4.79 Å². The molecule has 0 radical (unpaired) electrons. The third-order valence-electron chi connectivity index (χ3n) is 5.47. The predicted molar refractivity (Wildman–Crippen MR) is 97.0 cm³/mol. The van der Waals surface area contributed by atoms with E-state index in [0.717, 1.165) is 44.9 Å². The van der Waals surface area contributed by atoms with Crippen molar-refractivity contribution in [1.29, 1.82) is 0 Å². The molecule has 1 aliphatic carbocycles. The zero-order valence-electron chi connectivity index (χ0n) is 15.1. The van der Waals surface area contributed by atoms with Gasteiger partial charge >= 0.3 is 5.97 Å². The van der Waals surface area contributed by atoms with Gasteiger partial charge in [0.15, 0.2) is 0 Å². The summed E-state index contributed by atoms with van der Waals surface area (Å²) in [6.07, 6.45) is 6.28. The highest BCUT2D eigenvalue weighted by atomic mass is 16.6. The maximum atomic E-state index is 13.0. The van der Waals surface area contributed by atoms with Crippen LogP contribution in [0, 0.1) is 0 Å². The lowest BCUT2D eigenvalue weighted by Crippen LogP contribution is -2.44. The molecule has 1 N–H and O–H groups in total. The van der Waals surface area contributed by atoms with Crippen molar-refractivity contribution in [1.82, 2.24) is 5.32 Å². The highest BCUT2D eigenvalue weighted by Crippen LogP contribution is 2.43. The van der Waals surface area contributed by atoms with Gasteiger partial charge in [-0.1, -0.05) is 43.7 Å². The third kappa shape index (κ3) is 3.63. The first kappa shape index (κ1) is 17.7. The first-order valence-corrected chi connectivity index (χ1v) is 9.35. The molecule has 3 rings (SSSR count). The number of carbonyl (C=O) groups excluding carboxylic acids is 2. The van der Waals surface area contributed by atoms with E-state index in [0.29, 0.717) is 11.1 Å². The van der Waals surface area contributed by atoms with Crippen LogP contribution in [0.15, 0.2) is 41.5 Å². The van der Waals surface area contributed by atoms with Gasteiger partial charge in [-0.05, 0) is 51.0 Å². The average molecular weight is 341 g/mol. The van der Waals surface area contributed by atoms with Crippen LogP contribution in [-0.2, 0) is 20.7 Å². The Balaban J connectivity index is 1.77. The molecule has 0 saturated heterocycles. The van der Waals surface area contributed by atoms with Crippen molar-refractivity contribution in [3.8, 4) is 0 Å². The molecule has 1 saturated carbocycles. The highest BCUT2D eigenvalue weighted by Gasteiger charge is 2.49. The lowest BCUT2D eigenvalue weighted by molar-refractivity contribution is -0.149. The number of hydrogen-bond acceptors (Lipinski definition) is 3. The van der Waals surface area contributed by atoms with E-state index in [1.54, 1.807) is 6.92 Å². The summed E-state index contributed by atoms with van der Waals surface area (Å²) >= 11 is 0. The van der Waals surface area contributed by atoms with Crippen LogP contribution in [0.3, 0.4) is 0 Å². The second-order valence-corrected chi connectivity index (χ2v) is 7.21. The monoisotopic (exact) mass is 341 g/mol. The minimum atomic E-state index is -0.686. The number of ether oxygens (including phenoxy) is 1. The van der Waals surface area contributed by atoms with E-state index in [1.165, 1.54) is 5.56 Å². The van der Waals surface area contributed by atoms with Crippen LogP contribution in [-0.4, -0.2) is 23.5 Å². The average Bonchev–Trinajstić information content (AvgIpc) is 2.85. The first-order chi connectivity index (χ1) is 12.1. The number of rotatable bonds is 5. The molecule has 134 valence electrons. The number of amides is 1. The zero-order chi connectivity index (χ0) is 17.9. The molecule has 1 atom stereocenters. The summed E-state index contributed by atoms with van der Waals surface area (Å²) in [4.78, 5) is 25.2. The summed E-state index contributed by atoms with van der Waals surface area (Å²) in [6.45, 7) is 3.79. The van der Waals surface area contributed by atoms with Gasteiger partial charge in [0.25, 0.3) is 5.91 Å². The Morgan fingerprint density at radius 1 is 1.20 bits per heavy atom. The quantitative estimate of drug-likeness (QED) is 0.831. The van der Waals surface area contributed by atoms with Crippen molar-refractivity contribution in [2.45, 2.75) is 70.4 Å². The SMILES string of the molecule is CCC(Cc1ccccc1)NC(=O)C1=C(C)C(=O)OC12CCCCC2. The Kier molecular flexibility index (Phi) is 5.26. The van der Waals surface area contributed by atoms with Crippen molar-refractivity contribution in [2.75, 3.05) is 0 Å². The summed E-state index contributed by atoms with van der Waals surface area (Å²) in [6, 6.07) is 10.2. The largest absolute Gasteiger partial charge is 0.451 e. The maximum absolute atomic E-state index is 13.0. The summed E-state index contributed by atoms with van der Waals surface area (Å²) in [5.41, 5.74) is 1.57. The number of benzene rings is 1. The van der Waals surface area contributed by atoms with E-state index in [-0.39, 0.29) is 17.9 Å². The summed E-state index contributed by atoms with van der Waals surface area (Å²) < 4.78 is 5.70. The fourth-order valence-electron chi connectivity index (χ4n) is 4.05. The van der Waals surface area contributed by atoms with Gasteiger partial charge in [-0.3, -0.25) is 4.79 Å². The van der Waals surface area contributed by atoms with Crippen molar-refractivity contribution in [2.24, 2.45) is 0 Å². The Labute approximate surface area is 149 Å². The Morgan fingerprint density at radius 3 is 2.52 bits per heavy atom. The smallest absolute Gasteiger partial charge is 0.335 e. The number of nitrogens with one attached hydrogen (secondary N) is 1. The molecule has 1 spiro atoms. The maximum Gasteiger partial charge on any atom is 0.335 e. The Hall–Kier alpha value is -2.10. The van der Waals surface area contributed by atoms with E-state index in [1.807, 2.05) is 18.2 Å². The van der Waals surface area contributed by atoms with Crippen LogP contribution in [0.1, 0.15) is 57.9 Å². The lowest BCUT2D eigenvalue weighted by Gasteiger charge is -2.34. The molecule has 0 bridgehead atoms. The molecule has 0 aromatic heterocycles. The number of hydrogen-bond donors (Lipinski definition) is 1. The van der Waals surface area contributed by atoms with Crippen LogP contribution in [0.4, 0.5) is 0 Å². The van der Waals surface area contributed by atoms with Crippen LogP contribution >= 0.6 is 0 Å². The van der Waals surface area contributed by atoms with Crippen LogP contribution in [0.5, 0.6) is 0 Å². The third-order valence-corrected chi connectivity index (χ3v) is 5.47. The van der Waals surface area contributed by atoms with Crippen molar-refractivity contribution in [3.63, 3.8) is 0 Å². The van der Waals surface area contributed by atoms with Gasteiger partial charge in [-0.15, -0.1) is 0 Å². The van der Waals surface area contributed by atoms with E-state index >= 15 is 0 Å².